The molecule has 0 aromatic carbocycles. The van der Waals surface area contributed by atoms with Crippen LogP contribution in [0.4, 0.5) is 11.5 Å². The molecule has 2 heterocycles. The van der Waals surface area contributed by atoms with E-state index in [4.69, 9.17) is 5.73 Å². The van der Waals surface area contributed by atoms with Gasteiger partial charge in [-0.2, -0.15) is 0 Å². The molecular formula is C11H11N5O. The van der Waals surface area contributed by atoms with Crippen LogP contribution in [0, 0.1) is 6.92 Å². The summed E-state index contributed by atoms with van der Waals surface area (Å²) in [5.41, 5.74) is 7.16. The van der Waals surface area contributed by atoms with E-state index in [1.807, 2.05) is 6.92 Å². The molecule has 0 atom stereocenters. The summed E-state index contributed by atoms with van der Waals surface area (Å²) in [6, 6.07) is 1.74. The average molecular weight is 229 g/mol. The zero-order chi connectivity index (χ0) is 12.3. The first kappa shape index (κ1) is 11.0. The summed E-state index contributed by atoms with van der Waals surface area (Å²) < 4.78 is 0. The number of anilines is 2. The lowest BCUT2D eigenvalue weighted by molar-refractivity contribution is 0.102. The molecule has 0 bridgehead atoms. The largest absolute Gasteiger partial charge is 0.397 e. The molecule has 0 saturated heterocycles. The van der Waals surface area contributed by atoms with E-state index in [-0.39, 0.29) is 11.6 Å². The first-order valence-corrected chi connectivity index (χ1v) is 4.96. The lowest BCUT2D eigenvalue weighted by Crippen LogP contribution is -2.15. The van der Waals surface area contributed by atoms with E-state index in [1.165, 1.54) is 24.8 Å². The molecule has 3 N–H and O–H groups in total. The number of hydrogen-bond donors (Lipinski definition) is 2. The van der Waals surface area contributed by atoms with Gasteiger partial charge in [-0.1, -0.05) is 0 Å². The minimum atomic E-state index is -0.349. The normalized spacial score (nSPS) is 9.94. The Hall–Kier alpha value is -2.50. The van der Waals surface area contributed by atoms with Gasteiger partial charge in [-0.15, -0.1) is 0 Å². The Morgan fingerprint density at radius 3 is 2.76 bits per heavy atom. The molecule has 86 valence electrons. The number of aryl methyl sites for hydroxylation is 1. The van der Waals surface area contributed by atoms with E-state index in [0.29, 0.717) is 11.5 Å². The minimum absolute atomic E-state index is 0.241. The summed E-state index contributed by atoms with van der Waals surface area (Å²) in [4.78, 5) is 23.5. The van der Waals surface area contributed by atoms with Gasteiger partial charge in [0.05, 0.1) is 18.1 Å². The molecule has 0 unspecified atom stereocenters. The number of amides is 1. The minimum Gasteiger partial charge on any atom is -0.397 e. The first-order chi connectivity index (χ1) is 8.16. The Kier molecular flexibility index (Phi) is 2.95. The van der Waals surface area contributed by atoms with Crippen LogP contribution in [0.2, 0.25) is 0 Å². The quantitative estimate of drug-likeness (QED) is 0.801. The fraction of sp³-hybridized carbons (Fsp3) is 0.0909. The van der Waals surface area contributed by atoms with Crippen molar-refractivity contribution >= 4 is 17.4 Å². The molecular weight excluding hydrogens is 218 g/mol. The fourth-order valence-corrected chi connectivity index (χ4v) is 1.32. The van der Waals surface area contributed by atoms with Crippen LogP contribution in [-0.2, 0) is 0 Å². The van der Waals surface area contributed by atoms with Crippen molar-refractivity contribution in [2.24, 2.45) is 0 Å². The highest BCUT2D eigenvalue weighted by Crippen LogP contribution is 2.14. The maximum atomic E-state index is 11.8. The second-order valence-electron chi connectivity index (χ2n) is 3.48. The smallest absolute Gasteiger partial charge is 0.277 e. The van der Waals surface area contributed by atoms with Crippen molar-refractivity contribution in [3.05, 3.63) is 42.1 Å². The van der Waals surface area contributed by atoms with Gasteiger partial charge in [-0.25, -0.2) is 9.97 Å². The van der Waals surface area contributed by atoms with E-state index in [9.17, 15) is 4.79 Å². The number of nitrogens with one attached hydrogen (secondary N) is 1. The van der Waals surface area contributed by atoms with E-state index >= 15 is 0 Å². The van der Waals surface area contributed by atoms with Crippen molar-refractivity contribution in [2.45, 2.75) is 6.92 Å². The van der Waals surface area contributed by atoms with Gasteiger partial charge in [0.2, 0.25) is 0 Å². The van der Waals surface area contributed by atoms with Crippen LogP contribution >= 0.6 is 0 Å². The van der Waals surface area contributed by atoms with Crippen molar-refractivity contribution in [1.82, 2.24) is 15.0 Å². The summed E-state index contributed by atoms with van der Waals surface area (Å²) >= 11 is 0. The predicted octanol–water partition coefficient (Wildman–Crippen LogP) is 1.01. The summed E-state index contributed by atoms with van der Waals surface area (Å²) in [7, 11) is 0. The van der Waals surface area contributed by atoms with Gasteiger partial charge in [0.1, 0.15) is 11.5 Å². The van der Waals surface area contributed by atoms with Crippen LogP contribution < -0.4 is 11.1 Å². The number of rotatable bonds is 2. The lowest BCUT2D eigenvalue weighted by atomic mass is 10.2. The number of nitrogens with two attached hydrogens (primary N) is 1. The van der Waals surface area contributed by atoms with Crippen molar-refractivity contribution in [2.75, 3.05) is 11.1 Å². The van der Waals surface area contributed by atoms with Crippen LogP contribution in [0.1, 0.15) is 16.1 Å². The summed E-state index contributed by atoms with van der Waals surface area (Å²) in [6.45, 7) is 1.82. The third-order valence-electron chi connectivity index (χ3n) is 2.13. The van der Waals surface area contributed by atoms with E-state index in [0.717, 1.165) is 5.56 Å². The third kappa shape index (κ3) is 2.54. The van der Waals surface area contributed by atoms with Gasteiger partial charge in [0.25, 0.3) is 5.91 Å². The van der Waals surface area contributed by atoms with Gasteiger partial charge < -0.3 is 11.1 Å². The van der Waals surface area contributed by atoms with Crippen LogP contribution in [0.25, 0.3) is 0 Å². The molecule has 0 aliphatic carbocycles. The Morgan fingerprint density at radius 2 is 2.12 bits per heavy atom. The summed E-state index contributed by atoms with van der Waals surface area (Å²) in [5.74, 6) is 0.119. The maximum Gasteiger partial charge on any atom is 0.277 e. The number of hydrogen-bond acceptors (Lipinski definition) is 5. The number of nitrogen functional groups attached to an aromatic ring is 1. The zero-order valence-corrected chi connectivity index (χ0v) is 9.21. The van der Waals surface area contributed by atoms with Gasteiger partial charge in [0, 0.05) is 12.4 Å². The van der Waals surface area contributed by atoms with Crippen molar-refractivity contribution in [3.8, 4) is 0 Å². The highest BCUT2D eigenvalue weighted by molar-refractivity contribution is 6.02. The summed E-state index contributed by atoms with van der Waals surface area (Å²) in [5, 5.41) is 2.65. The molecule has 2 rings (SSSR count). The first-order valence-electron chi connectivity index (χ1n) is 4.96. The van der Waals surface area contributed by atoms with E-state index in [1.54, 1.807) is 6.07 Å². The molecule has 6 nitrogen and oxygen atoms in total. The molecule has 0 aliphatic heterocycles. The highest BCUT2D eigenvalue weighted by Gasteiger charge is 2.09. The highest BCUT2D eigenvalue weighted by atomic mass is 16.1. The fourth-order valence-electron chi connectivity index (χ4n) is 1.32. The van der Waals surface area contributed by atoms with E-state index < -0.39 is 0 Å². The van der Waals surface area contributed by atoms with Crippen LogP contribution in [0.3, 0.4) is 0 Å². The van der Waals surface area contributed by atoms with Gasteiger partial charge >= 0.3 is 0 Å². The molecule has 0 fully saturated rings. The van der Waals surface area contributed by atoms with E-state index in [2.05, 4.69) is 20.3 Å². The Balaban J connectivity index is 2.19. The van der Waals surface area contributed by atoms with Crippen LogP contribution in [0.5, 0.6) is 0 Å². The molecule has 0 saturated carbocycles. The number of carbonyl (C=O) groups is 1. The summed E-state index contributed by atoms with van der Waals surface area (Å²) in [6.07, 6.45) is 5.84. The lowest BCUT2D eigenvalue weighted by Gasteiger charge is -2.06. The maximum absolute atomic E-state index is 11.8. The molecule has 0 aliphatic rings. The van der Waals surface area contributed by atoms with Crippen molar-refractivity contribution in [3.63, 3.8) is 0 Å². The average Bonchev–Trinajstić information content (AvgIpc) is 2.34. The molecule has 6 heteroatoms. The van der Waals surface area contributed by atoms with Crippen LogP contribution in [0.15, 0.2) is 30.9 Å². The zero-order valence-electron chi connectivity index (χ0n) is 9.21. The van der Waals surface area contributed by atoms with Gasteiger partial charge in [0.15, 0.2) is 0 Å². The standard InChI is InChI=1S/C11H11N5O/c1-7-4-8(12)5-15-10(7)16-11(17)9-6-13-2-3-14-9/h2-6H,12H2,1H3,(H,15,16,17). The van der Waals surface area contributed by atoms with Gasteiger partial charge in [-0.3, -0.25) is 9.78 Å². The molecule has 0 radical (unpaired) electrons. The van der Waals surface area contributed by atoms with Crippen LogP contribution in [-0.4, -0.2) is 20.9 Å². The Bertz CT molecular complexity index is 541. The second-order valence-corrected chi connectivity index (χ2v) is 3.48. The molecule has 0 spiro atoms. The monoisotopic (exact) mass is 229 g/mol. The number of carbonyl (C=O) groups excluding carboxylic acids is 1. The van der Waals surface area contributed by atoms with Crippen molar-refractivity contribution < 1.29 is 4.79 Å². The number of aromatic nitrogens is 3. The van der Waals surface area contributed by atoms with Crippen molar-refractivity contribution in [1.29, 1.82) is 0 Å². The predicted molar refractivity (Wildman–Crippen MR) is 63.4 cm³/mol. The molecule has 17 heavy (non-hydrogen) atoms. The molecule has 2 aromatic rings. The molecule has 2 aromatic heterocycles. The SMILES string of the molecule is Cc1cc(N)cnc1NC(=O)c1cnccn1. The Labute approximate surface area is 97.9 Å². The third-order valence-corrected chi connectivity index (χ3v) is 2.13. The number of pyridine rings is 1. The molecule has 1 amide bonds. The number of nitrogens with zero attached hydrogens (tertiary/aromatic N) is 3. The topological polar surface area (TPSA) is 93.8 Å². The van der Waals surface area contributed by atoms with Gasteiger partial charge in [-0.05, 0) is 18.6 Å². The second kappa shape index (κ2) is 4.56. The Morgan fingerprint density at radius 1 is 1.29 bits per heavy atom.